The second kappa shape index (κ2) is 9.06. The van der Waals surface area contributed by atoms with Crippen LogP contribution in [0.1, 0.15) is 72.1 Å². The lowest BCUT2D eigenvalue weighted by Crippen LogP contribution is -2.67. The first-order valence-corrected chi connectivity index (χ1v) is 15.8. The van der Waals surface area contributed by atoms with Crippen LogP contribution in [0.5, 0.6) is 0 Å². The summed E-state index contributed by atoms with van der Waals surface area (Å²) in [7, 11) is 0. The molecule has 10 nitrogen and oxygen atoms in total. The van der Waals surface area contributed by atoms with Crippen LogP contribution >= 0.6 is 0 Å². The quantitative estimate of drug-likeness (QED) is 0.309. The summed E-state index contributed by atoms with van der Waals surface area (Å²) in [5.74, 6) is -5.17. The summed E-state index contributed by atoms with van der Waals surface area (Å²) in [4.78, 5) is 90.8. The SMILES string of the molecule is CCCCN1C(=O)C2CCC34C5C(=O)N(CCCC)C(=O)C5C5C=CC3(C2C1=O)C1C(=O)N(CCCC)C(=O)C1N54. The minimum atomic E-state index is -1.20. The Hall–Kier alpha value is -2.88. The number of rotatable bonds is 9. The van der Waals surface area contributed by atoms with E-state index >= 15 is 0 Å². The molecule has 4 bridgehead atoms. The Balaban J connectivity index is 1.42. The first-order valence-electron chi connectivity index (χ1n) is 15.8. The summed E-state index contributed by atoms with van der Waals surface area (Å²) in [5, 5.41) is 0. The van der Waals surface area contributed by atoms with Crippen molar-refractivity contribution in [3.8, 4) is 0 Å². The number of carbonyl (C=O) groups excluding carboxylic acids is 6. The zero-order chi connectivity index (χ0) is 29.0. The molecule has 0 N–H and O–H groups in total. The average molecular weight is 565 g/mol. The van der Waals surface area contributed by atoms with Crippen molar-refractivity contribution in [1.29, 1.82) is 0 Å². The molecule has 10 unspecified atom stereocenters. The predicted molar refractivity (Wildman–Crippen MR) is 145 cm³/mol. The maximum Gasteiger partial charge on any atom is 0.247 e. The molecule has 10 atom stereocenters. The number of hydrogen-bond acceptors (Lipinski definition) is 7. The first-order chi connectivity index (χ1) is 19.7. The van der Waals surface area contributed by atoms with Gasteiger partial charge in [0.15, 0.2) is 0 Å². The normalized spacial score (nSPS) is 43.4. The minimum Gasteiger partial charge on any atom is -0.282 e. The van der Waals surface area contributed by atoms with Gasteiger partial charge in [-0.25, -0.2) is 0 Å². The van der Waals surface area contributed by atoms with Crippen LogP contribution in [0.2, 0.25) is 0 Å². The highest BCUT2D eigenvalue weighted by Crippen LogP contribution is 2.76. The van der Waals surface area contributed by atoms with E-state index in [2.05, 4.69) is 4.90 Å². The highest BCUT2D eigenvalue weighted by molar-refractivity contribution is 6.13. The Bertz CT molecular complexity index is 1290. The van der Waals surface area contributed by atoms with E-state index in [4.69, 9.17) is 0 Å². The molecule has 41 heavy (non-hydrogen) atoms. The third kappa shape index (κ3) is 2.88. The van der Waals surface area contributed by atoms with E-state index in [0.717, 1.165) is 19.3 Å². The molecule has 6 amide bonds. The van der Waals surface area contributed by atoms with Gasteiger partial charge in [-0.15, -0.1) is 0 Å². The summed E-state index contributed by atoms with van der Waals surface area (Å²) in [6.07, 6.45) is 9.21. The van der Waals surface area contributed by atoms with Gasteiger partial charge in [0, 0.05) is 36.6 Å². The maximum atomic E-state index is 14.3. The topological polar surface area (TPSA) is 115 Å². The molecule has 10 heteroatoms. The van der Waals surface area contributed by atoms with Crippen LogP contribution in [0.4, 0.5) is 0 Å². The summed E-state index contributed by atoms with van der Waals surface area (Å²) in [5.41, 5.74) is -2.23. The van der Waals surface area contributed by atoms with Gasteiger partial charge in [-0.05, 0) is 32.1 Å². The zero-order valence-electron chi connectivity index (χ0n) is 24.2. The molecule has 1 saturated carbocycles. The molecule has 6 fully saturated rings. The van der Waals surface area contributed by atoms with Crippen LogP contribution in [0.25, 0.3) is 0 Å². The lowest BCUT2D eigenvalue weighted by molar-refractivity contribution is -0.158. The van der Waals surface area contributed by atoms with Crippen LogP contribution in [0.15, 0.2) is 12.2 Å². The van der Waals surface area contributed by atoms with Crippen molar-refractivity contribution in [3.63, 3.8) is 0 Å². The lowest BCUT2D eigenvalue weighted by atomic mass is 9.47. The molecule has 6 aliphatic heterocycles. The van der Waals surface area contributed by atoms with E-state index in [1.54, 1.807) is 0 Å². The molecule has 7 rings (SSSR count). The molecule has 0 aromatic heterocycles. The van der Waals surface area contributed by atoms with Crippen LogP contribution in [0, 0.1) is 35.0 Å². The monoisotopic (exact) mass is 564 g/mol. The Labute approximate surface area is 240 Å². The largest absolute Gasteiger partial charge is 0.282 e. The van der Waals surface area contributed by atoms with E-state index in [1.165, 1.54) is 14.7 Å². The fourth-order valence-corrected chi connectivity index (χ4v) is 10.2. The Morgan fingerprint density at radius 1 is 0.683 bits per heavy atom. The molecular formula is C31H40N4O6. The van der Waals surface area contributed by atoms with Gasteiger partial charge in [0.05, 0.1) is 29.6 Å². The maximum absolute atomic E-state index is 14.3. The summed E-state index contributed by atoms with van der Waals surface area (Å²) >= 11 is 0. The highest BCUT2D eigenvalue weighted by Gasteiger charge is 2.88. The van der Waals surface area contributed by atoms with Gasteiger partial charge < -0.3 is 0 Å². The average Bonchev–Trinajstić information content (AvgIpc) is 3.57. The van der Waals surface area contributed by atoms with E-state index in [-0.39, 0.29) is 35.4 Å². The number of imide groups is 3. The fraction of sp³-hybridized carbons (Fsp3) is 0.742. The van der Waals surface area contributed by atoms with Crippen molar-refractivity contribution in [2.75, 3.05) is 19.6 Å². The van der Waals surface area contributed by atoms with E-state index in [1.807, 2.05) is 32.9 Å². The number of hydrogen-bond donors (Lipinski definition) is 0. The van der Waals surface area contributed by atoms with E-state index in [0.29, 0.717) is 51.7 Å². The molecule has 5 saturated heterocycles. The number of likely N-dealkylation sites (tertiary alicyclic amines) is 3. The number of unbranched alkanes of at least 4 members (excludes halogenated alkanes) is 3. The van der Waals surface area contributed by atoms with Crippen molar-refractivity contribution in [1.82, 2.24) is 19.6 Å². The smallest absolute Gasteiger partial charge is 0.247 e. The van der Waals surface area contributed by atoms with Gasteiger partial charge in [0.25, 0.3) is 0 Å². The van der Waals surface area contributed by atoms with Gasteiger partial charge in [0.1, 0.15) is 6.04 Å². The fourth-order valence-electron chi connectivity index (χ4n) is 10.2. The first kappa shape index (κ1) is 27.0. The molecule has 0 aromatic carbocycles. The van der Waals surface area contributed by atoms with Gasteiger partial charge >= 0.3 is 0 Å². The summed E-state index contributed by atoms with van der Waals surface area (Å²) in [6, 6.07) is -1.32. The van der Waals surface area contributed by atoms with Crippen LogP contribution in [-0.2, 0) is 28.8 Å². The molecule has 1 spiro atoms. The van der Waals surface area contributed by atoms with Crippen molar-refractivity contribution in [3.05, 3.63) is 12.2 Å². The highest BCUT2D eigenvalue weighted by atomic mass is 16.2. The summed E-state index contributed by atoms with van der Waals surface area (Å²) in [6.45, 7) is 7.02. The third-order valence-corrected chi connectivity index (χ3v) is 11.7. The second-order valence-corrected chi connectivity index (χ2v) is 13.2. The number of carbonyl (C=O) groups is 6. The standard InChI is InChI=1S/C31H40N4O6/c1-4-7-14-32-24(36)17-10-13-31-21-19(25(37)33(27(21)39)15-8-5-2)18-11-12-30(31,20(17)26(32)38)22-23(35(18)31)29(41)34(28(22)40)16-9-6-3/h11-12,17-23H,4-10,13-16H2,1-3H3. The number of fused-ring (bicyclic) bond motifs is 4. The number of nitrogens with zero attached hydrogens (tertiary/aromatic N) is 4. The molecular weight excluding hydrogens is 524 g/mol. The van der Waals surface area contributed by atoms with Gasteiger partial charge in [-0.1, -0.05) is 52.2 Å². The molecule has 1 aliphatic carbocycles. The molecule has 0 radical (unpaired) electrons. The number of amides is 6. The van der Waals surface area contributed by atoms with Crippen LogP contribution in [-0.4, -0.2) is 92.3 Å². The van der Waals surface area contributed by atoms with Gasteiger partial charge in [-0.3, -0.25) is 48.4 Å². The van der Waals surface area contributed by atoms with Gasteiger partial charge in [0.2, 0.25) is 35.4 Å². The Morgan fingerprint density at radius 3 is 1.83 bits per heavy atom. The van der Waals surface area contributed by atoms with E-state index in [9.17, 15) is 28.8 Å². The third-order valence-electron chi connectivity index (χ3n) is 11.7. The van der Waals surface area contributed by atoms with Crippen LogP contribution < -0.4 is 0 Å². The minimum absolute atomic E-state index is 0.198. The Kier molecular flexibility index (Phi) is 5.96. The predicted octanol–water partition coefficient (Wildman–Crippen LogP) is 1.73. The molecule has 0 aromatic rings. The second-order valence-electron chi connectivity index (χ2n) is 13.2. The van der Waals surface area contributed by atoms with Crippen molar-refractivity contribution < 1.29 is 28.8 Å². The van der Waals surface area contributed by atoms with Crippen molar-refractivity contribution >= 4 is 35.4 Å². The van der Waals surface area contributed by atoms with Crippen molar-refractivity contribution in [2.24, 2.45) is 35.0 Å². The lowest BCUT2D eigenvalue weighted by Gasteiger charge is -2.57. The van der Waals surface area contributed by atoms with Crippen molar-refractivity contribution in [2.45, 2.75) is 89.8 Å². The summed E-state index contributed by atoms with van der Waals surface area (Å²) < 4.78 is 0. The van der Waals surface area contributed by atoms with E-state index < -0.39 is 52.6 Å². The molecule has 7 aliphatic rings. The zero-order valence-corrected chi connectivity index (χ0v) is 24.2. The Morgan fingerprint density at radius 2 is 1.22 bits per heavy atom. The van der Waals surface area contributed by atoms with Gasteiger partial charge in [-0.2, -0.15) is 0 Å². The molecule has 220 valence electrons. The molecule has 6 heterocycles. The van der Waals surface area contributed by atoms with Crippen LogP contribution in [0.3, 0.4) is 0 Å².